The summed E-state index contributed by atoms with van der Waals surface area (Å²) in [6, 6.07) is 7.96. The SMILES string of the molecule is CON=C(C(=O)N[C@@H]1C(=O)N(OC(C(=O)OCC[Si](C)(C)C)c2ccccc2)[C@H]1C)c1csc(NC(=O)CCl)n1. The first-order valence-electron chi connectivity index (χ1n) is 12.4. The van der Waals surface area contributed by atoms with Crippen LogP contribution in [0, 0.1) is 0 Å². The Balaban J connectivity index is 1.68. The van der Waals surface area contributed by atoms with Crippen molar-refractivity contribution in [2.24, 2.45) is 5.16 Å². The lowest BCUT2D eigenvalue weighted by molar-refractivity contribution is -0.255. The summed E-state index contributed by atoms with van der Waals surface area (Å²) in [4.78, 5) is 65.3. The first kappa shape index (κ1) is 31.2. The molecule has 0 bridgehead atoms. The van der Waals surface area contributed by atoms with Crippen molar-refractivity contribution in [3.8, 4) is 0 Å². The van der Waals surface area contributed by atoms with Crippen molar-refractivity contribution in [1.29, 1.82) is 0 Å². The number of nitrogens with zero attached hydrogens (tertiary/aromatic N) is 3. The van der Waals surface area contributed by atoms with Crippen molar-refractivity contribution in [3.05, 3.63) is 47.0 Å². The molecule has 15 heteroatoms. The second-order valence-electron chi connectivity index (χ2n) is 10.1. The van der Waals surface area contributed by atoms with E-state index in [0.717, 1.165) is 22.4 Å². The Morgan fingerprint density at radius 2 is 1.93 bits per heavy atom. The molecule has 1 unspecified atom stereocenters. The summed E-state index contributed by atoms with van der Waals surface area (Å²) in [6.45, 7) is 8.46. The van der Waals surface area contributed by atoms with Gasteiger partial charge in [-0.1, -0.05) is 55.1 Å². The maximum absolute atomic E-state index is 13.0. The molecule has 2 N–H and O–H groups in total. The molecule has 2 heterocycles. The number of anilines is 1. The summed E-state index contributed by atoms with van der Waals surface area (Å²) in [6.07, 6.45) is -1.16. The van der Waals surface area contributed by atoms with Crippen LogP contribution in [0.15, 0.2) is 40.9 Å². The molecule has 12 nitrogen and oxygen atoms in total. The van der Waals surface area contributed by atoms with E-state index in [2.05, 4.69) is 40.4 Å². The van der Waals surface area contributed by atoms with Crippen LogP contribution in [-0.4, -0.2) is 79.2 Å². The molecule has 0 radical (unpaired) electrons. The van der Waals surface area contributed by atoms with Gasteiger partial charge in [-0.2, -0.15) is 0 Å². The smallest absolute Gasteiger partial charge is 0.342 e. The largest absolute Gasteiger partial charge is 0.464 e. The molecule has 3 amide bonds. The molecule has 0 spiro atoms. The molecule has 0 saturated carbocycles. The molecule has 3 rings (SSSR count). The molecule has 0 aliphatic carbocycles. The van der Waals surface area contributed by atoms with Gasteiger partial charge in [-0.25, -0.2) is 14.8 Å². The molecule has 2 aromatic rings. The van der Waals surface area contributed by atoms with Gasteiger partial charge in [0.15, 0.2) is 10.8 Å². The van der Waals surface area contributed by atoms with Crippen LogP contribution in [-0.2, 0) is 33.6 Å². The van der Waals surface area contributed by atoms with E-state index >= 15 is 0 Å². The number of benzene rings is 1. The maximum atomic E-state index is 13.0. The standard InChI is InChI=1S/C25H32ClN5O7SSi/c1-15-19(29-22(33)20(30-36-2)17-14-39-25(27-17)28-18(32)13-26)23(34)31(15)38-21(16-9-7-6-8-10-16)24(35)37-11-12-40(3,4)5/h6-10,14-15,19,21H,11-13H2,1-5H3,(H,29,33)(H,27,28,32)/t15-,19-,21?/m0/s1. The van der Waals surface area contributed by atoms with Crippen molar-refractivity contribution in [2.45, 2.75) is 50.8 Å². The number of carbonyl (C=O) groups is 4. The maximum Gasteiger partial charge on any atom is 0.342 e. The molecule has 40 heavy (non-hydrogen) atoms. The van der Waals surface area contributed by atoms with Crippen LogP contribution in [0.4, 0.5) is 5.13 Å². The average molecular weight is 610 g/mol. The van der Waals surface area contributed by atoms with E-state index in [4.69, 9.17) is 26.0 Å². The number of nitrogens with one attached hydrogen (secondary N) is 2. The topological polar surface area (TPSA) is 149 Å². The molecule has 3 atom stereocenters. The van der Waals surface area contributed by atoms with Gasteiger partial charge >= 0.3 is 5.97 Å². The molecule has 1 aliphatic heterocycles. The molecule has 1 fully saturated rings. The molecule has 216 valence electrons. The van der Waals surface area contributed by atoms with Crippen LogP contribution in [0.2, 0.25) is 25.7 Å². The highest BCUT2D eigenvalue weighted by atomic mass is 35.5. The van der Waals surface area contributed by atoms with Gasteiger partial charge in [0.25, 0.3) is 11.8 Å². The fourth-order valence-electron chi connectivity index (χ4n) is 3.54. The molecule has 1 aromatic carbocycles. The number of β-lactam (4-membered cyclic amide) rings is 1. The highest BCUT2D eigenvalue weighted by molar-refractivity contribution is 7.14. The molecular weight excluding hydrogens is 578 g/mol. The van der Waals surface area contributed by atoms with Crippen LogP contribution < -0.4 is 10.6 Å². The Kier molecular flexibility index (Phi) is 10.8. The number of thiazole rings is 1. The van der Waals surface area contributed by atoms with Crippen LogP contribution >= 0.6 is 22.9 Å². The fraction of sp³-hybridized carbons (Fsp3) is 0.440. The predicted octanol–water partition coefficient (Wildman–Crippen LogP) is 2.94. The van der Waals surface area contributed by atoms with Gasteiger partial charge in [-0.3, -0.25) is 19.2 Å². The van der Waals surface area contributed by atoms with Crippen LogP contribution in [0.25, 0.3) is 0 Å². The number of carbonyl (C=O) groups excluding carboxylic acids is 4. The molecule has 1 saturated heterocycles. The van der Waals surface area contributed by atoms with Gasteiger partial charge < -0.3 is 20.2 Å². The Labute approximate surface area is 242 Å². The number of oxime groups is 1. The summed E-state index contributed by atoms with van der Waals surface area (Å²) >= 11 is 6.56. The zero-order chi connectivity index (χ0) is 29.4. The van der Waals surface area contributed by atoms with E-state index in [1.54, 1.807) is 37.3 Å². The summed E-state index contributed by atoms with van der Waals surface area (Å²) in [7, 11) is -0.171. The van der Waals surface area contributed by atoms with E-state index in [0.29, 0.717) is 5.56 Å². The third kappa shape index (κ3) is 8.10. The number of ether oxygens (including phenoxy) is 1. The number of hydrogen-bond acceptors (Lipinski definition) is 10. The molecule has 1 aliphatic rings. The van der Waals surface area contributed by atoms with Crippen molar-refractivity contribution in [2.75, 3.05) is 24.9 Å². The molecular formula is C25H32ClN5O7SSi. The number of rotatable bonds is 13. The number of esters is 1. The number of hydrogen-bond donors (Lipinski definition) is 2. The van der Waals surface area contributed by atoms with Gasteiger partial charge in [0.1, 0.15) is 24.7 Å². The van der Waals surface area contributed by atoms with Crippen molar-refractivity contribution in [1.82, 2.24) is 15.4 Å². The quantitative estimate of drug-likeness (QED) is 0.0879. The van der Waals surface area contributed by atoms with Gasteiger partial charge in [0.05, 0.1) is 12.6 Å². The van der Waals surface area contributed by atoms with Crippen LogP contribution in [0.1, 0.15) is 24.3 Å². The second kappa shape index (κ2) is 13.8. The summed E-state index contributed by atoms with van der Waals surface area (Å²) in [5.74, 6) is -2.60. The Morgan fingerprint density at radius 1 is 1.23 bits per heavy atom. The molecule has 1 aromatic heterocycles. The monoisotopic (exact) mass is 609 g/mol. The van der Waals surface area contributed by atoms with Crippen molar-refractivity contribution >= 4 is 65.5 Å². The zero-order valence-electron chi connectivity index (χ0n) is 22.8. The minimum absolute atomic E-state index is 0.131. The normalized spacial score (nSPS) is 18.0. The summed E-state index contributed by atoms with van der Waals surface area (Å²) in [5.41, 5.74) is 0.465. The number of alkyl halides is 1. The third-order valence-electron chi connectivity index (χ3n) is 5.77. The number of hydroxylamine groups is 2. The third-order valence-corrected chi connectivity index (χ3v) is 8.47. The number of amides is 3. The fourth-order valence-corrected chi connectivity index (χ4v) is 5.03. The van der Waals surface area contributed by atoms with Gasteiger partial charge in [-0.05, 0) is 18.5 Å². The first-order chi connectivity index (χ1) is 18.9. The highest BCUT2D eigenvalue weighted by Gasteiger charge is 2.49. The average Bonchev–Trinajstić information content (AvgIpc) is 3.37. The lowest BCUT2D eigenvalue weighted by Crippen LogP contribution is -2.70. The van der Waals surface area contributed by atoms with E-state index in [9.17, 15) is 19.2 Å². The lowest BCUT2D eigenvalue weighted by atomic mass is 9.99. The summed E-state index contributed by atoms with van der Waals surface area (Å²) in [5, 5.41) is 11.6. The Bertz CT molecular complexity index is 1250. The van der Waals surface area contributed by atoms with Gasteiger partial charge in [0, 0.05) is 13.5 Å². The highest BCUT2D eigenvalue weighted by Crippen LogP contribution is 2.28. The van der Waals surface area contributed by atoms with Crippen molar-refractivity contribution < 1.29 is 33.6 Å². The Hall–Kier alpha value is -3.33. The zero-order valence-corrected chi connectivity index (χ0v) is 25.4. The predicted molar refractivity (Wildman–Crippen MR) is 153 cm³/mol. The van der Waals surface area contributed by atoms with Crippen LogP contribution in [0.3, 0.4) is 0 Å². The van der Waals surface area contributed by atoms with E-state index < -0.39 is 50.0 Å². The van der Waals surface area contributed by atoms with E-state index in [-0.39, 0.29) is 29.0 Å². The lowest BCUT2D eigenvalue weighted by Gasteiger charge is -2.44. The minimum Gasteiger partial charge on any atom is -0.464 e. The van der Waals surface area contributed by atoms with E-state index in [1.807, 2.05) is 0 Å². The van der Waals surface area contributed by atoms with Crippen LogP contribution in [0.5, 0.6) is 0 Å². The van der Waals surface area contributed by atoms with Crippen molar-refractivity contribution in [3.63, 3.8) is 0 Å². The minimum atomic E-state index is -1.43. The van der Waals surface area contributed by atoms with E-state index in [1.165, 1.54) is 12.5 Å². The van der Waals surface area contributed by atoms with Gasteiger partial charge in [-0.15, -0.1) is 22.9 Å². The second-order valence-corrected chi connectivity index (χ2v) is 16.8. The van der Waals surface area contributed by atoms with Gasteiger partial charge in [0.2, 0.25) is 12.0 Å². The number of halogens is 1. The summed E-state index contributed by atoms with van der Waals surface area (Å²) < 4.78 is 5.50. The Morgan fingerprint density at radius 3 is 2.52 bits per heavy atom. The first-order valence-corrected chi connectivity index (χ1v) is 17.5. The number of aromatic nitrogens is 1.